The maximum atomic E-state index is 14.1. The van der Waals surface area contributed by atoms with E-state index in [0.29, 0.717) is 22.6 Å². The highest BCUT2D eigenvalue weighted by Crippen LogP contribution is 2.44. The Labute approximate surface area is 252 Å². The lowest BCUT2D eigenvalue weighted by molar-refractivity contribution is -0.173. The van der Waals surface area contributed by atoms with Gasteiger partial charge in [0.25, 0.3) is 5.91 Å². The highest BCUT2D eigenvalue weighted by atomic mass is 19.4. The standard InChI is InChI=1S/C32H32F3N5O4/c1-19-6-5-7-27(20(19)2)44-18-23-14-21(8-13-28(23)43-4)16-36-39-31(41)25-17-37-40-29(32(33,34)35)15-26(38-30(25)40)22-9-11-24(42-3)12-10-22/h5-14,16-17,26,29,38H,15,18H2,1-4H3,(H,39,41). The number of aryl methyl sites for hydroxylation is 1. The summed E-state index contributed by atoms with van der Waals surface area (Å²) in [6.45, 7) is 4.24. The molecule has 12 heteroatoms. The van der Waals surface area contributed by atoms with E-state index in [9.17, 15) is 18.0 Å². The molecule has 1 aliphatic heterocycles. The Morgan fingerprint density at radius 1 is 1.09 bits per heavy atom. The van der Waals surface area contributed by atoms with Gasteiger partial charge < -0.3 is 19.5 Å². The van der Waals surface area contributed by atoms with E-state index in [-0.39, 0.29) is 24.4 Å². The van der Waals surface area contributed by atoms with Crippen molar-refractivity contribution in [2.45, 2.75) is 45.1 Å². The zero-order valence-corrected chi connectivity index (χ0v) is 24.6. The normalized spacial score (nSPS) is 16.2. The number of carbonyl (C=O) groups is 1. The van der Waals surface area contributed by atoms with Crippen LogP contribution >= 0.6 is 0 Å². The zero-order chi connectivity index (χ0) is 31.4. The topological polar surface area (TPSA) is 99.0 Å². The van der Waals surface area contributed by atoms with Crippen LogP contribution in [0.3, 0.4) is 0 Å². The highest BCUT2D eigenvalue weighted by Gasteiger charge is 2.47. The van der Waals surface area contributed by atoms with E-state index in [2.05, 4.69) is 20.9 Å². The molecule has 0 spiro atoms. The number of benzene rings is 3. The molecule has 5 rings (SSSR count). The molecule has 2 unspecified atom stereocenters. The highest BCUT2D eigenvalue weighted by molar-refractivity contribution is 5.99. The van der Waals surface area contributed by atoms with Gasteiger partial charge in [0, 0.05) is 12.0 Å². The number of methoxy groups -OCH3 is 2. The smallest absolute Gasteiger partial charge is 0.410 e. The van der Waals surface area contributed by atoms with Gasteiger partial charge in [0.15, 0.2) is 6.04 Å². The van der Waals surface area contributed by atoms with Gasteiger partial charge in [-0.1, -0.05) is 24.3 Å². The average Bonchev–Trinajstić information content (AvgIpc) is 3.45. The van der Waals surface area contributed by atoms with Gasteiger partial charge in [-0.2, -0.15) is 23.4 Å². The first-order valence-electron chi connectivity index (χ1n) is 13.8. The van der Waals surface area contributed by atoms with Gasteiger partial charge in [0.1, 0.15) is 35.2 Å². The Hall–Kier alpha value is -5.00. The third-order valence-corrected chi connectivity index (χ3v) is 7.62. The molecule has 0 radical (unpaired) electrons. The number of amides is 1. The molecule has 2 heterocycles. The van der Waals surface area contributed by atoms with Crippen LogP contribution in [0.2, 0.25) is 0 Å². The molecule has 0 saturated heterocycles. The van der Waals surface area contributed by atoms with Gasteiger partial charge in [-0.25, -0.2) is 10.1 Å². The minimum atomic E-state index is -4.58. The number of hydrazone groups is 1. The number of aromatic nitrogens is 2. The van der Waals surface area contributed by atoms with Gasteiger partial charge >= 0.3 is 6.18 Å². The maximum Gasteiger partial charge on any atom is 0.410 e. The SMILES string of the molecule is COc1ccc(C2CC(C(F)(F)F)n3ncc(C(=O)NN=Cc4ccc(OC)c(COc5cccc(C)c5C)c4)c3N2)cc1. The zero-order valence-electron chi connectivity index (χ0n) is 24.6. The third kappa shape index (κ3) is 6.48. The number of hydrogen-bond acceptors (Lipinski definition) is 7. The summed E-state index contributed by atoms with van der Waals surface area (Å²) in [4.78, 5) is 13.1. The molecule has 3 aromatic carbocycles. The minimum Gasteiger partial charge on any atom is -0.497 e. The van der Waals surface area contributed by atoms with Crippen molar-refractivity contribution >= 4 is 17.9 Å². The summed E-state index contributed by atoms with van der Waals surface area (Å²) in [5.41, 5.74) is 6.53. The monoisotopic (exact) mass is 607 g/mol. The fraction of sp³-hybridized carbons (Fsp3) is 0.281. The molecule has 4 aromatic rings. The Morgan fingerprint density at radius 3 is 2.57 bits per heavy atom. The van der Waals surface area contributed by atoms with Gasteiger partial charge in [0.2, 0.25) is 0 Å². The quantitative estimate of drug-likeness (QED) is 0.166. The molecular weight excluding hydrogens is 575 g/mol. The van der Waals surface area contributed by atoms with Crippen molar-refractivity contribution in [1.82, 2.24) is 15.2 Å². The van der Waals surface area contributed by atoms with Crippen molar-refractivity contribution in [2.24, 2.45) is 5.10 Å². The first-order chi connectivity index (χ1) is 21.1. The minimum absolute atomic E-state index is 0.0394. The summed E-state index contributed by atoms with van der Waals surface area (Å²) in [5, 5.41) is 11.0. The summed E-state index contributed by atoms with van der Waals surface area (Å²) in [6, 6.07) is 15.3. The largest absolute Gasteiger partial charge is 0.497 e. The van der Waals surface area contributed by atoms with Crippen LogP contribution in [0.25, 0.3) is 0 Å². The van der Waals surface area contributed by atoms with E-state index in [1.807, 2.05) is 38.1 Å². The second-order valence-corrected chi connectivity index (χ2v) is 10.4. The molecule has 2 N–H and O–H groups in total. The predicted octanol–water partition coefficient (Wildman–Crippen LogP) is 6.52. The number of anilines is 1. The fourth-order valence-electron chi connectivity index (χ4n) is 5.04. The predicted molar refractivity (Wildman–Crippen MR) is 160 cm³/mol. The van der Waals surface area contributed by atoms with Crippen molar-refractivity contribution in [3.8, 4) is 17.2 Å². The van der Waals surface area contributed by atoms with Crippen LogP contribution in [-0.2, 0) is 6.61 Å². The molecule has 0 bridgehead atoms. The lowest BCUT2D eigenvalue weighted by Gasteiger charge is -2.34. The molecule has 1 amide bonds. The van der Waals surface area contributed by atoms with Gasteiger partial charge in [-0.3, -0.25) is 4.79 Å². The van der Waals surface area contributed by atoms with Crippen LogP contribution in [0, 0.1) is 13.8 Å². The maximum absolute atomic E-state index is 14.1. The Bertz CT molecular complexity index is 1670. The van der Waals surface area contributed by atoms with E-state index in [4.69, 9.17) is 14.2 Å². The van der Waals surface area contributed by atoms with E-state index >= 15 is 0 Å². The van der Waals surface area contributed by atoms with Crippen molar-refractivity contribution in [3.63, 3.8) is 0 Å². The van der Waals surface area contributed by atoms with E-state index in [1.54, 1.807) is 43.5 Å². The molecule has 2 atom stereocenters. The molecule has 0 saturated carbocycles. The third-order valence-electron chi connectivity index (χ3n) is 7.62. The summed E-state index contributed by atoms with van der Waals surface area (Å²) in [5.74, 6) is 1.22. The summed E-state index contributed by atoms with van der Waals surface area (Å²) in [7, 11) is 3.07. The number of hydrogen-bond donors (Lipinski definition) is 2. The molecular formula is C32H32F3N5O4. The molecule has 1 aliphatic rings. The Morgan fingerprint density at radius 2 is 1.86 bits per heavy atom. The second-order valence-electron chi connectivity index (χ2n) is 10.4. The number of nitrogens with zero attached hydrogens (tertiary/aromatic N) is 3. The number of fused-ring (bicyclic) bond motifs is 1. The van der Waals surface area contributed by atoms with Gasteiger partial charge in [-0.15, -0.1) is 0 Å². The van der Waals surface area contributed by atoms with Crippen LogP contribution < -0.4 is 25.0 Å². The number of carbonyl (C=O) groups excluding carboxylic acids is 1. The fourth-order valence-corrected chi connectivity index (χ4v) is 5.04. The van der Waals surface area contributed by atoms with Crippen LogP contribution in [-0.4, -0.2) is 42.3 Å². The molecule has 1 aromatic heterocycles. The van der Waals surface area contributed by atoms with Crippen molar-refractivity contribution in [2.75, 3.05) is 19.5 Å². The van der Waals surface area contributed by atoms with Gasteiger partial charge in [-0.05, 0) is 72.5 Å². The average molecular weight is 608 g/mol. The number of halogens is 3. The number of nitrogens with one attached hydrogen (secondary N) is 2. The molecule has 9 nitrogen and oxygen atoms in total. The number of ether oxygens (including phenoxy) is 3. The number of alkyl halides is 3. The van der Waals surface area contributed by atoms with Crippen LogP contribution in [0.1, 0.15) is 56.7 Å². The van der Waals surface area contributed by atoms with E-state index < -0.39 is 24.2 Å². The summed E-state index contributed by atoms with van der Waals surface area (Å²) in [6.07, 6.45) is -2.33. The lowest BCUT2D eigenvalue weighted by Crippen LogP contribution is -2.36. The van der Waals surface area contributed by atoms with E-state index in [0.717, 1.165) is 33.3 Å². The summed E-state index contributed by atoms with van der Waals surface area (Å²) >= 11 is 0. The lowest BCUT2D eigenvalue weighted by atomic mass is 9.96. The Kier molecular flexibility index (Phi) is 8.79. The molecule has 0 aliphatic carbocycles. The van der Waals surface area contributed by atoms with Crippen LogP contribution in [0.4, 0.5) is 19.0 Å². The number of rotatable bonds is 9. The molecule has 230 valence electrons. The van der Waals surface area contributed by atoms with Crippen molar-refractivity contribution < 1.29 is 32.2 Å². The molecule has 0 fully saturated rings. The summed E-state index contributed by atoms with van der Waals surface area (Å²) < 4.78 is 59.6. The second kappa shape index (κ2) is 12.7. The van der Waals surface area contributed by atoms with E-state index in [1.165, 1.54) is 13.3 Å². The van der Waals surface area contributed by atoms with Crippen molar-refractivity contribution in [1.29, 1.82) is 0 Å². The first kappa shape index (κ1) is 30.5. The van der Waals surface area contributed by atoms with Crippen LogP contribution in [0.15, 0.2) is 72.0 Å². The Balaban J connectivity index is 1.32. The van der Waals surface area contributed by atoms with Crippen LogP contribution in [0.5, 0.6) is 17.2 Å². The van der Waals surface area contributed by atoms with Gasteiger partial charge in [0.05, 0.1) is 32.7 Å². The first-order valence-corrected chi connectivity index (χ1v) is 13.8. The molecule has 44 heavy (non-hydrogen) atoms. The van der Waals surface area contributed by atoms with Crippen molar-refractivity contribution in [3.05, 3.63) is 100 Å².